The highest BCUT2D eigenvalue weighted by molar-refractivity contribution is 5.81. The van der Waals surface area contributed by atoms with Crippen molar-refractivity contribution in [2.24, 2.45) is 0 Å². The van der Waals surface area contributed by atoms with Gasteiger partial charge in [-0.05, 0) is 19.4 Å². The summed E-state index contributed by atoms with van der Waals surface area (Å²) in [6.45, 7) is 7.38. The van der Waals surface area contributed by atoms with Crippen LogP contribution in [0, 0.1) is 13.8 Å². The van der Waals surface area contributed by atoms with Crippen molar-refractivity contribution in [1.82, 2.24) is 30.2 Å². The standard InChI is InChI=1S/C20H26N6O3/c1-14-6-22-18(23-7-14)10-24-19(27)17-5-20(13-28-17)12-26(3-4-29-20)11-16-9-21-8-15(2)25-16/h6-9,17H,3-5,10-13H2,1-2H3,(H,24,27). The number of ether oxygens (including phenoxy) is 2. The van der Waals surface area contributed by atoms with E-state index in [1.807, 2.05) is 13.8 Å². The van der Waals surface area contributed by atoms with Crippen LogP contribution in [0.3, 0.4) is 0 Å². The van der Waals surface area contributed by atoms with Crippen molar-refractivity contribution in [2.45, 2.75) is 45.1 Å². The monoisotopic (exact) mass is 398 g/mol. The summed E-state index contributed by atoms with van der Waals surface area (Å²) in [5.41, 5.74) is 2.37. The van der Waals surface area contributed by atoms with Crippen molar-refractivity contribution in [3.05, 3.63) is 47.6 Å². The Bertz CT molecular complexity index is 862. The number of nitrogens with zero attached hydrogens (tertiary/aromatic N) is 5. The summed E-state index contributed by atoms with van der Waals surface area (Å²) in [5.74, 6) is 0.423. The number of hydrogen-bond donors (Lipinski definition) is 1. The predicted octanol–water partition coefficient (Wildman–Crippen LogP) is 0.560. The first kappa shape index (κ1) is 19.8. The molecule has 4 heterocycles. The first-order valence-corrected chi connectivity index (χ1v) is 9.82. The van der Waals surface area contributed by atoms with Crippen LogP contribution >= 0.6 is 0 Å². The largest absolute Gasteiger partial charge is 0.370 e. The Morgan fingerprint density at radius 1 is 1.28 bits per heavy atom. The Hall–Kier alpha value is -2.49. The molecule has 2 fully saturated rings. The van der Waals surface area contributed by atoms with Gasteiger partial charge in [0.1, 0.15) is 17.5 Å². The van der Waals surface area contributed by atoms with E-state index in [4.69, 9.17) is 9.47 Å². The first-order valence-electron chi connectivity index (χ1n) is 9.82. The molecule has 9 heteroatoms. The molecule has 2 unspecified atom stereocenters. The number of aryl methyl sites for hydroxylation is 2. The van der Waals surface area contributed by atoms with E-state index in [0.717, 1.165) is 23.5 Å². The lowest BCUT2D eigenvalue weighted by atomic mass is 9.97. The second-order valence-corrected chi connectivity index (χ2v) is 7.79. The van der Waals surface area contributed by atoms with Gasteiger partial charge in [-0.15, -0.1) is 0 Å². The van der Waals surface area contributed by atoms with E-state index in [2.05, 4.69) is 30.2 Å². The predicted molar refractivity (Wildman–Crippen MR) is 104 cm³/mol. The third-order valence-corrected chi connectivity index (χ3v) is 5.17. The van der Waals surface area contributed by atoms with Gasteiger partial charge in [0.2, 0.25) is 5.91 Å². The minimum atomic E-state index is -0.529. The highest BCUT2D eigenvalue weighted by Gasteiger charge is 2.46. The number of nitrogens with one attached hydrogen (secondary N) is 1. The average molecular weight is 398 g/mol. The smallest absolute Gasteiger partial charge is 0.249 e. The number of carbonyl (C=O) groups excluding carboxylic acids is 1. The van der Waals surface area contributed by atoms with Crippen molar-refractivity contribution >= 4 is 5.91 Å². The van der Waals surface area contributed by atoms with Crippen LogP contribution in [0.5, 0.6) is 0 Å². The molecule has 9 nitrogen and oxygen atoms in total. The molecule has 0 radical (unpaired) electrons. The summed E-state index contributed by atoms with van der Waals surface area (Å²) in [6, 6.07) is 0. The number of amides is 1. The fourth-order valence-corrected chi connectivity index (χ4v) is 3.76. The molecule has 2 aromatic heterocycles. The van der Waals surface area contributed by atoms with Gasteiger partial charge in [0.15, 0.2) is 0 Å². The van der Waals surface area contributed by atoms with Crippen molar-refractivity contribution in [3.63, 3.8) is 0 Å². The highest BCUT2D eigenvalue weighted by Crippen LogP contribution is 2.32. The van der Waals surface area contributed by atoms with Crippen LogP contribution in [0.4, 0.5) is 0 Å². The van der Waals surface area contributed by atoms with Crippen molar-refractivity contribution in [1.29, 1.82) is 0 Å². The van der Waals surface area contributed by atoms with Crippen LogP contribution in [0.25, 0.3) is 0 Å². The maximum atomic E-state index is 12.5. The maximum Gasteiger partial charge on any atom is 0.249 e. The summed E-state index contributed by atoms with van der Waals surface area (Å²) >= 11 is 0. The van der Waals surface area contributed by atoms with Gasteiger partial charge in [0.25, 0.3) is 0 Å². The quantitative estimate of drug-likeness (QED) is 0.779. The lowest BCUT2D eigenvalue weighted by molar-refractivity contribution is -0.130. The van der Waals surface area contributed by atoms with Gasteiger partial charge in [-0.25, -0.2) is 9.97 Å². The number of rotatable bonds is 5. The normalized spacial score (nSPS) is 24.7. The van der Waals surface area contributed by atoms with Gasteiger partial charge in [0, 0.05) is 50.8 Å². The van der Waals surface area contributed by atoms with E-state index < -0.39 is 11.7 Å². The molecule has 0 aliphatic carbocycles. The minimum absolute atomic E-state index is 0.156. The van der Waals surface area contributed by atoms with Crippen molar-refractivity contribution in [3.8, 4) is 0 Å². The van der Waals surface area contributed by atoms with Crippen molar-refractivity contribution in [2.75, 3.05) is 26.3 Å². The van der Waals surface area contributed by atoms with E-state index in [0.29, 0.717) is 38.5 Å². The fraction of sp³-hybridized carbons (Fsp3) is 0.550. The molecule has 0 bridgehead atoms. The second kappa shape index (κ2) is 8.48. The van der Waals surface area contributed by atoms with Gasteiger partial charge in [0.05, 0.1) is 31.1 Å². The van der Waals surface area contributed by atoms with Gasteiger partial charge in [-0.3, -0.25) is 19.7 Å². The number of morpholine rings is 1. The molecule has 1 amide bonds. The van der Waals surface area contributed by atoms with E-state index in [-0.39, 0.29) is 12.5 Å². The van der Waals surface area contributed by atoms with E-state index in [9.17, 15) is 4.79 Å². The van der Waals surface area contributed by atoms with Crippen molar-refractivity contribution < 1.29 is 14.3 Å². The van der Waals surface area contributed by atoms with Crippen LogP contribution in [-0.4, -0.2) is 68.8 Å². The van der Waals surface area contributed by atoms with E-state index in [1.54, 1.807) is 24.8 Å². The first-order chi connectivity index (χ1) is 14.0. The molecule has 154 valence electrons. The third kappa shape index (κ3) is 4.92. The van der Waals surface area contributed by atoms with Gasteiger partial charge < -0.3 is 14.8 Å². The molecule has 2 saturated heterocycles. The molecular formula is C20H26N6O3. The molecule has 29 heavy (non-hydrogen) atoms. The minimum Gasteiger partial charge on any atom is -0.370 e. The molecule has 0 saturated carbocycles. The Kier molecular flexibility index (Phi) is 5.79. The second-order valence-electron chi connectivity index (χ2n) is 7.79. The summed E-state index contributed by atoms with van der Waals surface area (Å²) in [7, 11) is 0. The molecule has 2 aliphatic rings. The van der Waals surface area contributed by atoms with Crippen LogP contribution in [0.1, 0.15) is 29.2 Å². The maximum absolute atomic E-state index is 12.5. The Balaban J connectivity index is 1.31. The molecule has 1 spiro atoms. The molecule has 1 N–H and O–H groups in total. The lowest BCUT2D eigenvalue weighted by Crippen LogP contribution is -2.52. The summed E-state index contributed by atoms with van der Waals surface area (Å²) in [6.07, 6.45) is 7.02. The zero-order valence-electron chi connectivity index (χ0n) is 16.8. The van der Waals surface area contributed by atoms with E-state index >= 15 is 0 Å². The molecule has 2 atom stereocenters. The number of hydrogen-bond acceptors (Lipinski definition) is 8. The van der Waals surface area contributed by atoms with Crippen LogP contribution in [0.15, 0.2) is 24.8 Å². The van der Waals surface area contributed by atoms with Gasteiger partial charge in [-0.1, -0.05) is 0 Å². The molecule has 2 aromatic rings. The van der Waals surface area contributed by atoms with Crippen LogP contribution < -0.4 is 5.32 Å². The molecule has 4 rings (SSSR count). The fourth-order valence-electron chi connectivity index (χ4n) is 3.76. The van der Waals surface area contributed by atoms with Crippen LogP contribution in [-0.2, 0) is 27.4 Å². The average Bonchev–Trinajstić information content (AvgIpc) is 3.10. The Morgan fingerprint density at radius 3 is 2.90 bits per heavy atom. The SMILES string of the molecule is Cc1cnc(CNC(=O)C2CC3(CO2)CN(Cc2cncc(C)n2)CCO3)nc1. The molecule has 0 aromatic carbocycles. The summed E-state index contributed by atoms with van der Waals surface area (Å²) in [5, 5.41) is 2.86. The third-order valence-electron chi connectivity index (χ3n) is 5.17. The highest BCUT2D eigenvalue weighted by atomic mass is 16.6. The van der Waals surface area contributed by atoms with E-state index in [1.165, 1.54) is 0 Å². The zero-order chi connectivity index (χ0) is 20.3. The lowest BCUT2D eigenvalue weighted by Gasteiger charge is -2.39. The summed E-state index contributed by atoms with van der Waals surface area (Å²) in [4.78, 5) is 32.0. The zero-order valence-corrected chi connectivity index (χ0v) is 16.8. The summed E-state index contributed by atoms with van der Waals surface area (Å²) < 4.78 is 11.9. The Labute approximate surface area is 169 Å². The van der Waals surface area contributed by atoms with Gasteiger partial charge >= 0.3 is 0 Å². The van der Waals surface area contributed by atoms with Gasteiger partial charge in [-0.2, -0.15) is 0 Å². The van der Waals surface area contributed by atoms with Crippen LogP contribution in [0.2, 0.25) is 0 Å². The Morgan fingerprint density at radius 2 is 2.10 bits per heavy atom. The number of aromatic nitrogens is 4. The topological polar surface area (TPSA) is 102 Å². The molecular weight excluding hydrogens is 372 g/mol. The molecule has 2 aliphatic heterocycles. The number of carbonyl (C=O) groups is 1.